The predicted octanol–water partition coefficient (Wildman–Crippen LogP) is 4.43. The molecule has 3 rings (SSSR count). The lowest BCUT2D eigenvalue weighted by atomic mass is 9.95. The summed E-state index contributed by atoms with van der Waals surface area (Å²) in [4.78, 5) is 26.2. The Morgan fingerprint density at radius 3 is 2.44 bits per heavy atom. The average Bonchev–Trinajstić information content (AvgIpc) is 2.74. The third-order valence-electron chi connectivity index (χ3n) is 5.22. The van der Waals surface area contributed by atoms with Gasteiger partial charge in [0.05, 0.1) is 5.02 Å². The summed E-state index contributed by atoms with van der Waals surface area (Å²) in [6, 6.07) is 10.3. The van der Waals surface area contributed by atoms with Crippen molar-refractivity contribution in [2.24, 2.45) is 11.7 Å². The Kier molecular flexibility index (Phi) is 7.63. The summed E-state index contributed by atoms with van der Waals surface area (Å²) in [5.74, 6) is -0.824. The maximum Gasteiger partial charge on any atom is 0.573 e. The van der Waals surface area contributed by atoms with Gasteiger partial charge in [-0.2, -0.15) is 0 Å². The topological polar surface area (TPSA) is 84.7 Å². The molecule has 172 valence electrons. The third-order valence-corrected chi connectivity index (χ3v) is 5.53. The van der Waals surface area contributed by atoms with Crippen molar-refractivity contribution >= 4 is 29.1 Å². The number of hydrogen-bond acceptors (Lipinski definition) is 4. The number of benzene rings is 2. The number of para-hydroxylation sites is 1. The Bertz CT molecular complexity index is 976. The van der Waals surface area contributed by atoms with Crippen LogP contribution in [0, 0.1) is 5.92 Å². The third kappa shape index (κ3) is 6.14. The molecule has 0 bridgehead atoms. The highest BCUT2D eigenvalue weighted by molar-refractivity contribution is 6.33. The number of ether oxygens (including phenoxy) is 1. The number of halogens is 4. The Hall–Kier alpha value is -2.78. The first kappa shape index (κ1) is 23.9. The molecule has 0 atom stereocenters. The SMILES string of the molecule is NCCC(=O)N1CCC(C(=O)Nc2ccc(-c3ccccc3OC(F)(F)F)c(Cl)c2)CC1. The Labute approximate surface area is 188 Å². The van der Waals surface area contributed by atoms with Gasteiger partial charge in [-0.05, 0) is 31.0 Å². The van der Waals surface area contributed by atoms with Crippen LogP contribution in [0.4, 0.5) is 18.9 Å². The van der Waals surface area contributed by atoms with Gasteiger partial charge in [-0.1, -0.05) is 35.9 Å². The van der Waals surface area contributed by atoms with Gasteiger partial charge in [0.25, 0.3) is 0 Å². The van der Waals surface area contributed by atoms with Crippen molar-refractivity contribution < 1.29 is 27.5 Å². The number of anilines is 1. The number of nitrogens with zero attached hydrogens (tertiary/aromatic N) is 1. The molecule has 10 heteroatoms. The number of amides is 2. The summed E-state index contributed by atoms with van der Waals surface area (Å²) in [5, 5.41) is 2.96. The van der Waals surface area contributed by atoms with Gasteiger partial charge in [-0.3, -0.25) is 9.59 Å². The number of rotatable bonds is 6. The lowest BCUT2D eigenvalue weighted by Gasteiger charge is -2.31. The Morgan fingerprint density at radius 2 is 1.81 bits per heavy atom. The van der Waals surface area contributed by atoms with E-state index in [9.17, 15) is 22.8 Å². The van der Waals surface area contributed by atoms with Crippen LogP contribution in [-0.4, -0.2) is 42.7 Å². The summed E-state index contributed by atoms with van der Waals surface area (Å²) < 4.78 is 42.2. The van der Waals surface area contributed by atoms with E-state index in [1.54, 1.807) is 17.0 Å². The number of carbonyl (C=O) groups excluding carboxylic acids is 2. The number of nitrogens with one attached hydrogen (secondary N) is 1. The first-order valence-electron chi connectivity index (χ1n) is 10.1. The molecule has 0 unspecified atom stereocenters. The first-order chi connectivity index (χ1) is 15.2. The number of alkyl halides is 3. The highest BCUT2D eigenvalue weighted by atomic mass is 35.5. The van der Waals surface area contributed by atoms with Crippen molar-refractivity contribution in [1.29, 1.82) is 0 Å². The van der Waals surface area contributed by atoms with Crippen molar-refractivity contribution in [2.45, 2.75) is 25.6 Å². The molecule has 2 amide bonds. The van der Waals surface area contributed by atoms with Crippen LogP contribution in [0.15, 0.2) is 42.5 Å². The average molecular weight is 470 g/mol. The number of carbonyl (C=O) groups is 2. The van der Waals surface area contributed by atoms with Crippen molar-refractivity contribution in [3.05, 3.63) is 47.5 Å². The summed E-state index contributed by atoms with van der Waals surface area (Å²) in [7, 11) is 0. The van der Waals surface area contributed by atoms with E-state index in [4.69, 9.17) is 17.3 Å². The van der Waals surface area contributed by atoms with Crippen LogP contribution in [-0.2, 0) is 9.59 Å². The fourth-order valence-corrected chi connectivity index (χ4v) is 3.91. The van der Waals surface area contributed by atoms with Crippen LogP contribution in [0.25, 0.3) is 11.1 Å². The molecule has 1 aliphatic heterocycles. The van der Waals surface area contributed by atoms with Crippen molar-refractivity contribution in [3.63, 3.8) is 0 Å². The van der Waals surface area contributed by atoms with Gasteiger partial charge in [0.1, 0.15) is 5.75 Å². The zero-order chi connectivity index (χ0) is 23.3. The number of nitrogens with two attached hydrogens (primary N) is 1. The highest BCUT2D eigenvalue weighted by Gasteiger charge is 2.32. The maximum atomic E-state index is 12.7. The molecule has 0 aliphatic carbocycles. The standard InChI is InChI=1S/C22H23ClF3N3O3/c23-18-13-15(28-21(31)14-8-11-29(12-9-14)20(30)7-10-27)5-6-16(18)17-3-1-2-4-19(17)32-22(24,25)26/h1-6,13-14H,7-12,27H2,(H,28,31). The van der Waals surface area contributed by atoms with E-state index in [1.165, 1.54) is 30.3 Å². The van der Waals surface area contributed by atoms with E-state index in [-0.39, 0.29) is 34.1 Å². The molecular weight excluding hydrogens is 447 g/mol. The van der Waals surface area contributed by atoms with Gasteiger partial charge in [-0.25, -0.2) is 0 Å². The lowest BCUT2D eigenvalue weighted by Crippen LogP contribution is -2.42. The highest BCUT2D eigenvalue weighted by Crippen LogP contribution is 2.38. The van der Waals surface area contributed by atoms with Gasteiger partial charge in [0.2, 0.25) is 11.8 Å². The van der Waals surface area contributed by atoms with Crippen molar-refractivity contribution in [1.82, 2.24) is 4.90 Å². The van der Waals surface area contributed by atoms with E-state index in [1.807, 2.05) is 0 Å². The first-order valence-corrected chi connectivity index (χ1v) is 10.5. The molecule has 32 heavy (non-hydrogen) atoms. The minimum absolute atomic E-state index is 0.0106. The number of piperidine rings is 1. The van der Waals surface area contributed by atoms with E-state index in [0.717, 1.165) is 0 Å². The molecule has 3 N–H and O–H groups in total. The van der Waals surface area contributed by atoms with Crippen LogP contribution in [0.5, 0.6) is 5.75 Å². The molecule has 2 aromatic carbocycles. The Balaban J connectivity index is 1.67. The van der Waals surface area contributed by atoms with Crippen LogP contribution >= 0.6 is 11.6 Å². The monoisotopic (exact) mass is 469 g/mol. The van der Waals surface area contributed by atoms with Crippen LogP contribution < -0.4 is 15.8 Å². The van der Waals surface area contributed by atoms with Crippen LogP contribution in [0.3, 0.4) is 0 Å². The van der Waals surface area contributed by atoms with Gasteiger partial charge in [0, 0.05) is 48.8 Å². The molecular formula is C22H23ClF3N3O3. The van der Waals surface area contributed by atoms with E-state index in [2.05, 4.69) is 10.1 Å². The minimum Gasteiger partial charge on any atom is -0.405 e. The van der Waals surface area contributed by atoms with Gasteiger partial charge >= 0.3 is 6.36 Å². The van der Waals surface area contributed by atoms with E-state index in [0.29, 0.717) is 50.1 Å². The predicted molar refractivity (Wildman–Crippen MR) is 115 cm³/mol. The van der Waals surface area contributed by atoms with Crippen LogP contribution in [0.2, 0.25) is 5.02 Å². The summed E-state index contributed by atoms with van der Waals surface area (Å²) in [6.07, 6.45) is -3.47. The summed E-state index contributed by atoms with van der Waals surface area (Å²) >= 11 is 6.32. The fourth-order valence-electron chi connectivity index (χ4n) is 3.63. The van der Waals surface area contributed by atoms with Gasteiger partial charge in [0.15, 0.2) is 0 Å². The number of likely N-dealkylation sites (tertiary alicyclic amines) is 1. The molecule has 2 aromatic rings. The smallest absolute Gasteiger partial charge is 0.405 e. The molecule has 6 nitrogen and oxygen atoms in total. The quantitative estimate of drug-likeness (QED) is 0.655. The van der Waals surface area contributed by atoms with Crippen LogP contribution in [0.1, 0.15) is 19.3 Å². The molecule has 0 aromatic heterocycles. The lowest BCUT2D eigenvalue weighted by molar-refractivity contribution is -0.274. The molecule has 0 spiro atoms. The second-order valence-electron chi connectivity index (χ2n) is 7.42. The molecule has 1 aliphatic rings. The zero-order valence-corrected chi connectivity index (χ0v) is 17.9. The molecule has 0 saturated carbocycles. The molecule has 1 fully saturated rings. The zero-order valence-electron chi connectivity index (χ0n) is 17.1. The second kappa shape index (κ2) is 10.2. The summed E-state index contributed by atoms with van der Waals surface area (Å²) in [5.41, 5.74) is 6.37. The fraction of sp³-hybridized carbons (Fsp3) is 0.364. The van der Waals surface area contributed by atoms with Crippen molar-refractivity contribution in [3.8, 4) is 16.9 Å². The van der Waals surface area contributed by atoms with Gasteiger partial charge < -0.3 is 20.7 Å². The number of hydrogen-bond donors (Lipinski definition) is 2. The molecule has 1 saturated heterocycles. The minimum atomic E-state index is -4.83. The van der Waals surface area contributed by atoms with Gasteiger partial charge in [-0.15, -0.1) is 13.2 Å². The van der Waals surface area contributed by atoms with E-state index < -0.39 is 6.36 Å². The van der Waals surface area contributed by atoms with E-state index >= 15 is 0 Å². The Morgan fingerprint density at radius 1 is 1.12 bits per heavy atom. The molecule has 1 heterocycles. The molecule has 0 radical (unpaired) electrons. The second-order valence-corrected chi connectivity index (χ2v) is 7.83. The summed E-state index contributed by atoms with van der Waals surface area (Å²) in [6.45, 7) is 1.28. The van der Waals surface area contributed by atoms with Crippen molar-refractivity contribution in [2.75, 3.05) is 25.0 Å². The normalized spacial score (nSPS) is 14.8. The maximum absolute atomic E-state index is 12.7. The largest absolute Gasteiger partial charge is 0.573 e.